The first kappa shape index (κ1) is 15.3. The van der Waals surface area contributed by atoms with E-state index in [9.17, 15) is 9.18 Å². The molecule has 26 heavy (non-hydrogen) atoms. The van der Waals surface area contributed by atoms with Crippen LogP contribution in [0, 0.1) is 5.82 Å². The molecular formula is C22H17FN2O. The first-order valence-electron chi connectivity index (χ1n) is 8.67. The Labute approximate surface area is 149 Å². The van der Waals surface area contributed by atoms with E-state index in [1.54, 1.807) is 6.07 Å². The van der Waals surface area contributed by atoms with E-state index in [-0.39, 0.29) is 5.43 Å². The van der Waals surface area contributed by atoms with Crippen molar-refractivity contribution in [3.05, 3.63) is 81.8 Å². The van der Waals surface area contributed by atoms with Crippen LogP contribution in [0.25, 0.3) is 32.9 Å². The first-order valence-corrected chi connectivity index (χ1v) is 8.67. The summed E-state index contributed by atoms with van der Waals surface area (Å²) >= 11 is 0. The van der Waals surface area contributed by atoms with Crippen LogP contribution in [0.1, 0.15) is 11.1 Å². The molecule has 128 valence electrons. The average molecular weight is 344 g/mol. The molecule has 0 bridgehead atoms. The van der Waals surface area contributed by atoms with Gasteiger partial charge >= 0.3 is 0 Å². The molecule has 1 aliphatic rings. The highest BCUT2D eigenvalue weighted by Crippen LogP contribution is 2.28. The van der Waals surface area contributed by atoms with Gasteiger partial charge in [0.1, 0.15) is 5.82 Å². The molecule has 0 aliphatic carbocycles. The third-order valence-corrected chi connectivity index (χ3v) is 5.34. The summed E-state index contributed by atoms with van der Waals surface area (Å²) in [7, 11) is 1.92. The molecule has 3 aromatic carbocycles. The fourth-order valence-electron chi connectivity index (χ4n) is 3.91. The van der Waals surface area contributed by atoms with E-state index in [0.717, 1.165) is 35.2 Å². The fraction of sp³-hybridized carbons (Fsp3) is 0.136. The second-order valence-electron chi connectivity index (χ2n) is 6.87. The summed E-state index contributed by atoms with van der Waals surface area (Å²) in [5.41, 5.74) is 6.34. The molecule has 1 N–H and O–H groups in total. The average Bonchev–Trinajstić information content (AvgIpc) is 3.13. The fourth-order valence-corrected chi connectivity index (χ4v) is 3.91. The van der Waals surface area contributed by atoms with E-state index >= 15 is 0 Å². The number of nitrogens with one attached hydrogen (secondary N) is 1. The SMILES string of the molecule is Cn1c2ccc(F)cc2c(=O)c2ccc(-c3ccc4c(c3)CNC4)cc21. The Bertz CT molecular complexity index is 1260. The van der Waals surface area contributed by atoms with Crippen LogP contribution in [0.15, 0.2) is 59.4 Å². The summed E-state index contributed by atoms with van der Waals surface area (Å²) in [6, 6.07) is 16.7. The molecule has 1 aliphatic heterocycles. The highest BCUT2D eigenvalue weighted by Gasteiger charge is 2.13. The number of halogens is 1. The van der Waals surface area contributed by atoms with Gasteiger partial charge in [0.25, 0.3) is 0 Å². The minimum Gasteiger partial charge on any atom is -0.343 e. The number of aromatic nitrogens is 1. The van der Waals surface area contributed by atoms with E-state index in [1.807, 2.05) is 29.8 Å². The van der Waals surface area contributed by atoms with Crippen molar-refractivity contribution < 1.29 is 4.39 Å². The summed E-state index contributed by atoms with van der Waals surface area (Å²) in [6.07, 6.45) is 0. The maximum atomic E-state index is 13.6. The molecule has 0 atom stereocenters. The molecule has 1 aromatic heterocycles. The number of hydrogen-bond acceptors (Lipinski definition) is 2. The van der Waals surface area contributed by atoms with Crippen LogP contribution in [0.3, 0.4) is 0 Å². The zero-order valence-corrected chi connectivity index (χ0v) is 14.3. The molecule has 0 unspecified atom stereocenters. The van der Waals surface area contributed by atoms with E-state index in [0.29, 0.717) is 10.8 Å². The lowest BCUT2D eigenvalue weighted by molar-refractivity contribution is 0.629. The molecule has 5 rings (SSSR count). The molecule has 0 radical (unpaired) electrons. The van der Waals surface area contributed by atoms with Crippen molar-refractivity contribution in [2.45, 2.75) is 13.1 Å². The zero-order chi connectivity index (χ0) is 17.8. The Morgan fingerprint density at radius 2 is 1.62 bits per heavy atom. The predicted molar refractivity (Wildman–Crippen MR) is 103 cm³/mol. The van der Waals surface area contributed by atoms with Crippen molar-refractivity contribution >= 4 is 21.8 Å². The summed E-state index contributed by atoms with van der Waals surface area (Å²) in [5, 5.41) is 4.38. The van der Waals surface area contributed by atoms with Crippen molar-refractivity contribution in [3.63, 3.8) is 0 Å². The quantitative estimate of drug-likeness (QED) is 0.528. The maximum absolute atomic E-state index is 13.6. The van der Waals surface area contributed by atoms with Gasteiger partial charge in [-0.3, -0.25) is 4.79 Å². The molecule has 0 amide bonds. The second-order valence-corrected chi connectivity index (χ2v) is 6.87. The standard InChI is InChI=1S/C22H17FN2O/c1-25-20-7-5-17(23)10-19(20)22(26)18-6-4-14(9-21(18)25)13-2-3-15-11-24-12-16(15)8-13/h2-10,24H,11-12H2,1H3. The van der Waals surface area contributed by atoms with Gasteiger partial charge in [0.05, 0.1) is 11.0 Å². The van der Waals surface area contributed by atoms with Crippen molar-refractivity contribution in [1.82, 2.24) is 9.88 Å². The third-order valence-electron chi connectivity index (χ3n) is 5.34. The largest absolute Gasteiger partial charge is 0.343 e. The molecule has 4 aromatic rings. The first-order chi connectivity index (χ1) is 12.6. The zero-order valence-electron chi connectivity index (χ0n) is 14.3. The minimum atomic E-state index is -0.391. The van der Waals surface area contributed by atoms with E-state index in [1.165, 1.54) is 23.3 Å². The lowest BCUT2D eigenvalue weighted by atomic mass is 9.99. The number of pyridine rings is 1. The van der Waals surface area contributed by atoms with Gasteiger partial charge in [-0.1, -0.05) is 18.2 Å². The van der Waals surface area contributed by atoms with Crippen molar-refractivity contribution in [1.29, 1.82) is 0 Å². The normalized spacial score (nSPS) is 13.5. The molecule has 0 saturated carbocycles. The van der Waals surface area contributed by atoms with Crippen LogP contribution in [0.4, 0.5) is 4.39 Å². The predicted octanol–water partition coefficient (Wildman–Crippen LogP) is 4.10. The second kappa shape index (κ2) is 5.51. The third kappa shape index (κ3) is 2.19. The lowest BCUT2D eigenvalue weighted by Crippen LogP contribution is -2.09. The molecule has 4 heteroatoms. The Morgan fingerprint density at radius 3 is 2.50 bits per heavy atom. The summed E-state index contributed by atoms with van der Waals surface area (Å²) < 4.78 is 15.6. The number of aryl methyl sites for hydroxylation is 1. The van der Waals surface area contributed by atoms with Gasteiger partial charge in [-0.25, -0.2) is 4.39 Å². The number of nitrogens with zero attached hydrogens (tertiary/aromatic N) is 1. The summed E-state index contributed by atoms with van der Waals surface area (Å²) in [4.78, 5) is 12.8. The lowest BCUT2D eigenvalue weighted by Gasteiger charge is -2.12. The van der Waals surface area contributed by atoms with Crippen LogP contribution in [0.5, 0.6) is 0 Å². The number of hydrogen-bond donors (Lipinski definition) is 1. The minimum absolute atomic E-state index is 0.127. The van der Waals surface area contributed by atoms with Gasteiger partial charge in [0.15, 0.2) is 5.43 Å². The van der Waals surface area contributed by atoms with Gasteiger partial charge in [0.2, 0.25) is 0 Å². The summed E-state index contributed by atoms with van der Waals surface area (Å²) in [6.45, 7) is 1.82. The number of rotatable bonds is 1. The van der Waals surface area contributed by atoms with Crippen LogP contribution < -0.4 is 10.7 Å². The van der Waals surface area contributed by atoms with Crippen molar-refractivity contribution in [3.8, 4) is 11.1 Å². The van der Waals surface area contributed by atoms with Crippen LogP contribution in [-0.4, -0.2) is 4.57 Å². The Balaban J connectivity index is 1.77. The Morgan fingerprint density at radius 1 is 0.846 bits per heavy atom. The van der Waals surface area contributed by atoms with Crippen LogP contribution >= 0.6 is 0 Å². The number of benzene rings is 3. The molecule has 2 heterocycles. The monoisotopic (exact) mass is 344 g/mol. The Kier molecular flexibility index (Phi) is 3.24. The smallest absolute Gasteiger partial charge is 0.197 e. The molecule has 3 nitrogen and oxygen atoms in total. The van der Waals surface area contributed by atoms with Gasteiger partial charge < -0.3 is 9.88 Å². The van der Waals surface area contributed by atoms with Crippen LogP contribution in [-0.2, 0) is 20.1 Å². The molecule has 0 fully saturated rings. The molecule has 0 saturated heterocycles. The van der Waals surface area contributed by atoms with E-state index in [2.05, 4.69) is 23.5 Å². The maximum Gasteiger partial charge on any atom is 0.197 e. The number of fused-ring (bicyclic) bond motifs is 3. The molecule has 0 spiro atoms. The highest BCUT2D eigenvalue weighted by atomic mass is 19.1. The van der Waals surface area contributed by atoms with E-state index < -0.39 is 5.82 Å². The van der Waals surface area contributed by atoms with Gasteiger partial charge in [-0.05, 0) is 58.7 Å². The van der Waals surface area contributed by atoms with Gasteiger partial charge in [-0.2, -0.15) is 0 Å². The highest BCUT2D eigenvalue weighted by molar-refractivity contribution is 5.95. The Hall–Kier alpha value is -2.98. The topological polar surface area (TPSA) is 34.0 Å². The van der Waals surface area contributed by atoms with Gasteiger partial charge in [-0.15, -0.1) is 0 Å². The van der Waals surface area contributed by atoms with E-state index in [4.69, 9.17) is 0 Å². The van der Waals surface area contributed by atoms with Gasteiger partial charge in [0, 0.05) is 30.9 Å². The van der Waals surface area contributed by atoms with Crippen molar-refractivity contribution in [2.75, 3.05) is 0 Å². The van der Waals surface area contributed by atoms with Crippen molar-refractivity contribution in [2.24, 2.45) is 7.05 Å². The summed E-state index contributed by atoms with van der Waals surface area (Å²) in [5.74, 6) is -0.391. The molecular weight excluding hydrogens is 327 g/mol. The van der Waals surface area contributed by atoms with Crippen LogP contribution in [0.2, 0.25) is 0 Å².